The summed E-state index contributed by atoms with van der Waals surface area (Å²) in [5, 5.41) is 16.4. The Morgan fingerprint density at radius 2 is 1.69 bits per heavy atom. The Balaban J connectivity index is 2.11. The normalized spacial score (nSPS) is 17.4. The predicted octanol–water partition coefficient (Wildman–Crippen LogP) is 4.59. The molecule has 1 aliphatic carbocycles. The first-order valence-corrected chi connectivity index (χ1v) is 14.0. The number of aliphatic hydroxyl groups excluding tert-OH is 1. The Kier molecular flexibility index (Phi) is 12.2. The highest BCUT2D eigenvalue weighted by Gasteiger charge is 2.41. The summed E-state index contributed by atoms with van der Waals surface area (Å²) in [7, 11) is -1.44. The van der Waals surface area contributed by atoms with E-state index in [1.54, 1.807) is 0 Å². The third-order valence-corrected chi connectivity index (χ3v) is 8.39. The van der Waals surface area contributed by atoms with Crippen molar-refractivity contribution in [1.82, 2.24) is 10.6 Å². The minimum absolute atomic E-state index is 0.0799. The van der Waals surface area contributed by atoms with Gasteiger partial charge in [0, 0.05) is 14.2 Å². The highest BCUT2D eigenvalue weighted by atomic mass is 31.2. The molecular formula is C25H41N2O7P. The van der Waals surface area contributed by atoms with Crippen LogP contribution in [0.2, 0.25) is 0 Å². The van der Waals surface area contributed by atoms with Crippen molar-refractivity contribution in [3.05, 3.63) is 35.9 Å². The second-order valence-corrected chi connectivity index (χ2v) is 11.9. The first kappa shape index (κ1) is 29.3. The molecule has 3 N–H and O–H groups in total. The average Bonchev–Trinajstić information content (AvgIpc) is 2.86. The molecule has 0 bridgehead atoms. The Hall–Kier alpha value is -1.93. The maximum Gasteiger partial charge on any atom is 0.408 e. The third-order valence-electron chi connectivity index (χ3n) is 6.36. The lowest BCUT2D eigenvalue weighted by Gasteiger charge is -2.33. The number of nitrogens with one attached hydrogen (secondary N) is 2. The minimum atomic E-state index is -3.85. The summed E-state index contributed by atoms with van der Waals surface area (Å²) in [6, 6.07) is 7.51. The summed E-state index contributed by atoms with van der Waals surface area (Å²) in [4.78, 5) is 25.7. The van der Waals surface area contributed by atoms with Gasteiger partial charge in [0.05, 0.1) is 6.04 Å². The second kappa shape index (κ2) is 14.6. The molecule has 2 amide bonds. The quantitative estimate of drug-likeness (QED) is 0.330. The van der Waals surface area contributed by atoms with Crippen molar-refractivity contribution in [2.45, 2.75) is 83.3 Å². The summed E-state index contributed by atoms with van der Waals surface area (Å²) in [6.07, 6.45) is 5.37. The number of rotatable bonds is 13. The molecule has 10 heteroatoms. The van der Waals surface area contributed by atoms with Gasteiger partial charge in [-0.05, 0) is 30.2 Å². The van der Waals surface area contributed by atoms with Gasteiger partial charge in [0.25, 0.3) is 0 Å². The fourth-order valence-corrected chi connectivity index (χ4v) is 5.66. The predicted molar refractivity (Wildman–Crippen MR) is 134 cm³/mol. The van der Waals surface area contributed by atoms with Crippen molar-refractivity contribution in [3.8, 4) is 0 Å². The van der Waals surface area contributed by atoms with Gasteiger partial charge in [-0.25, -0.2) is 4.79 Å². The van der Waals surface area contributed by atoms with E-state index >= 15 is 0 Å². The van der Waals surface area contributed by atoms with E-state index in [0.717, 1.165) is 37.7 Å². The van der Waals surface area contributed by atoms with Crippen LogP contribution in [-0.4, -0.2) is 49.3 Å². The highest BCUT2D eigenvalue weighted by Crippen LogP contribution is 2.52. The zero-order valence-corrected chi connectivity index (χ0v) is 22.2. The van der Waals surface area contributed by atoms with Crippen molar-refractivity contribution >= 4 is 19.6 Å². The number of ether oxygens (including phenoxy) is 1. The van der Waals surface area contributed by atoms with Crippen LogP contribution in [0.15, 0.2) is 30.3 Å². The molecule has 0 aliphatic heterocycles. The first-order valence-electron chi connectivity index (χ1n) is 12.3. The lowest BCUT2D eigenvalue weighted by atomic mass is 9.85. The van der Waals surface area contributed by atoms with Crippen LogP contribution < -0.4 is 10.6 Å². The molecular weight excluding hydrogens is 471 g/mol. The number of amides is 2. The van der Waals surface area contributed by atoms with Gasteiger partial charge in [-0.2, -0.15) is 0 Å². The lowest BCUT2D eigenvalue weighted by molar-refractivity contribution is -0.124. The standard InChI is InChI=1S/C25H41N2O7P/c1-18(2)15-21(27-25(30)34-17-20-13-9-6-10-14-20)23(28)26-22(16-19-11-7-5-8-12-19)24(29)35(31,32-3)33-4/h6,9-10,13-14,18-19,21-22,24,29H,5,7-8,11-12,15-17H2,1-4H3,(H,26,28)(H,27,30)/t21-,22-,24?/m0/s1. The number of hydrogen-bond donors (Lipinski definition) is 3. The van der Waals surface area contributed by atoms with Gasteiger partial charge in [-0.15, -0.1) is 0 Å². The van der Waals surface area contributed by atoms with Gasteiger partial charge in [-0.1, -0.05) is 76.3 Å². The molecule has 1 aromatic carbocycles. The molecule has 0 radical (unpaired) electrons. The van der Waals surface area contributed by atoms with Gasteiger partial charge in [0.1, 0.15) is 12.6 Å². The van der Waals surface area contributed by atoms with Crippen LogP contribution in [0.4, 0.5) is 4.79 Å². The Morgan fingerprint density at radius 3 is 2.26 bits per heavy atom. The first-order chi connectivity index (χ1) is 16.7. The fraction of sp³-hybridized carbons (Fsp3) is 0.680. The summed E-state index contributed by atoms with van der Waals surface area (Å²) in [6.45, 7) is 3.96. The van der Waals surface area contributed by atoms with Crippen molar-refractivity contribution in [2.75, 3.05) is 14.2 Å². The van der Waals surface area contributed by atoms with Crippen LogP contribution in [0.3, 0.4) is 0 Å². The summed E-state index contributed by atoms with van der Waals surface area (Å²) >= 11 is 0. The Labute approximate surface area is 208 Å². The summed E-state index contributed by atoms with van der Waals surface area (Å²) in [5.41, 5.74) is 0.832. The zero-order valence-electron chi connectivity index (χ0n) is 21.3. The van der Waals surface area contributed by atoms with E-state index in [2.05, 4.69) is 10.6 Å². The van der Waals surface area contributed by atoms with Gasteiger partial charge in [0.2, 0.25) is 5.91 Å². The van der Waals surface area contributed by atoms with Crippen molar-refractivity contribution < 1.29 is 33.0 Å². The van der Waals surface area contributed by atoms with E-state index in [0.29, 0.717) is 12.8 Å². The molecule has 0 saturated heterocycles. The SMILES string of the molecule is COP(=O)(OC)C(O)[C@H](CC1CCCCC1)NC(=O)[C@H](CC(C)C)NC(=O)OCc1ccccc1. The van der Waals surface area contributed by atoms with E-state index in [1.165, 1.54) is 14.2 Å². The van der Waals surface area contributed by atoms with Crippen LogP contribution in [0, 0.1) is 11.8 Å². The van der Waals surface area contributed by atoms with Crippen LogP contribution in [-0.2, 0) is 29.8 Å². The monoisotopic (exact) mass is 512 g/mol. The number of carbonyl (C=O) groups excluding carboxylic acids is 2. The molecule has 0 spiro atoms. The van der Waals surface area contributed by atoms with E-state index in [4.69, 9.17) is 13.8 Å². The van der Waals surface area contributed by atoms with E-state index < -0.39 is 37.5 Å². The van der Waals surface area contributed by atoms with Crippen LogP contribution >= 0.6 is 7.60 Å². The molecule has 0 aromatic heterocycles. The number of benzene rings is 1. The van der Waals surface area contributed by atoms with Crippen molar-refractivity contribution in [3.63, 3.8) is 0 Å². The topological polar surface area (TPSA) is 123 Å². The van der Waals surface area contributed by atoms with Gasteiger partial charge >= 0.3 is 13.7 Å². The molecule has 1 unspecified atom stereocenters. The van der Waals surface area contributed by atoms with Crippen LogP contribution in [0.25, 0.3) is 0 Å². The second-order valence-electron chi connectivity index (χ2n) is 9.56. The smallest absolute Gasteiger partial charge is 0.408 e. The van der Waals surface area contributed by atoms with Gasteiger partial charge < -0.3 is 29.5 Å². The maximum absolute atomic E-state index is 13.3. The molecule has 0 heterocycles. The van der Waals surface area contributed by atoms with Gasteiger partial charge in [0.15, 0.2) is 5.85 Å². The lowest BCUT2D eigenvalue weighted by Crippen LogP contribution is -2.53. The largest absolute Gasteiger partial charge is 0.445 e. The Bertz CT molecular complexity index is 822. The number of hydrogen-bond acceptors (Lipinski definition) is 7. The molecule has 2 rings (SSSR count). The van der Waals surface area contributed by atoms with Crippen molar-refractivity contribution in [1.29, 1.82) is 0 Å². The number of aliphatic hydroxyl groups is 1. The minimum Gasteiger partial charge on any atom is -0.445 e. The Morgan fingerprint density at radius 1 is 1.06 bits per heavy atom. The molecule has 1 aliphatic rings. The van der Waals surface area contributed by atoms with Gasteiger partial charge in [-0.3, -0.25) is 9.36 Å². The average molecular weight is 513 g/mol. The van der Waals surface area contributed by atoms with Crippen LogP contribution in [0.1, 0.15) is 64.4 Å². The zero-order chi connectivity index (χ0) is 25.8. The fourth-order valence-electron chi connectivity index (χ4n) is 4.44. The molecule has 3 atom stereocenters. The number of carbonyl (C=O) groups is 2. The molecule has 1 saturated carbocycles. The summed E-state index contributed by atoms with van der Waals surface area (Å²) < 4.78 is 28.2. The molecule has 9 nitrogen and oxygen atoms in total. The van der Waals surface area contributed by atoms with E-state index in [9.17, 15) is 19.3 Å². The molecule has 198 valence electrons. The van der Waals surface area contributed by atoms with E-state index in [-0.39, 0.29) is 18.4 Å². The van der Waals surface area contributed by atoms with Crippen molar-refractivity contribution in [2.24, 2.45) is 11.8 Å². The molecule has 35 heavy (non-hydrogen) atoms. The maximum atomic E-state index is 13.3. The van der Waals surface area contributed by atoms with Crippen LogP contribution in [0.5, 0.6) is 0 Å². The molecule has 1 fully saturated rings. The summed E-state index contributed by atoms with van der Waals surface area (Å²) in [5.74, 6) is -1.63. The third kappa shape index (κ3) is 9.56. The highest BCUT2D eigenvalue weighted by molar-refractivity contribution is 7.54. The van der Waals surface area contributed by atoms with E-state index in [1.807, 2.05) is 44.2 Å². The molecule has 1 aromatic rings. The number of alkyl carbamates (subject to hydrolysis) is 1.